The van der Waals surface area contributed by atoms with Gasteiger partial charge in [-0.1, -0.05) is 18.2 Å². The van der Waals surface area contributed by atoms with Gasteiger partial charge < -0.3 is 19.8 Å². The minimum atomic E-state index is -0.821. The summed E-state index contributed by atoms with van der Waals surface area (Å²) in [7, 11) is 2.14. The molecule has 2 aliphatic rings. The van der Waals surface area contributed by atoms with Crippen molar-refractivity contribution in [3.8, 4) is 5.75 Å². The molecule has 2 bridgehead atoms. The maximum absolute atomic E-state index is 12.4. The molecule has 5 heteroatoms. The fourth-order valence-corrected chi connectivity index (χ4v) is 3.79. The van der Waals surface area contributed by atoms with Crippen LogP contribution in [0.15, 0.2) is 24.3 Å². The van der Waals surface area contributed by atoms with E-state index in [0.29, 0.717) is 17.6 Å². The molecule has 0 aromatic heterocycles. The van der Waals surface area contributed by atoms with Gasteiger partial charge in [0.05, 0.1) is 6.61 Å². The molecule has 5 nitrogen and oxygen atoms in total. The fraction of sp³-hybridized carbons (Fsp3) is 0.588. The SMILES string of the molecule is CN1[C@@H]2CC[C@H]1CC(OC(=O)[C@H](CO)c1ccccc1O)C2. The highest BCUT2D eigenvalue weighted by Gasteiger charge is 2.40. The van der Waals surface area contributed by atoms with Crippen LogP contribution in [0.2, 0.25) is 0 Å². The van der Waals surface area contributed by atoms with Crippen LogP contribution in [0.1, 0.15) is 37.2 Å². The zero-order valence-electron chi connectivity index (χ0n) is 12.8. The molecule has 1 aromatic carbocycles. The number of hydrogen-bond acceptors (Lipinski definition) is 5. The Kier molecular flexibility index (Phi) is 4.36. The minimum Gasteiger partial charge on any atom is -0.508 e. The Morgan fingerprint density at radius 3 is 2.55 bits per heavy atom. The van der Waals surface area contributed by atoms with Crippen molar-refractivity contribution in [3.05, 3.63) is 29.8 Å². The number of piperidine rings is 1. The van der Waals surface area contributed by atoms with Crippen LogP contribution >= 0.6 is 0 Å². The summed E-state index contributed by atoms with van der Waals surface area (Å²) in [6, 6.07) is 7.58. The van der Waals surface area contributed by atoms with Crippen molar-refractivity contribution < 1.29 is 19.7 Å². The summed E-state index contributed by atoms with van der Waals surface area (Å²) >= 11 is 0. The van der Waals surface area contributed by atoms with Gasteiger partial charge in [-0.2, -0.15) is 0 Å². The van der Waals surface area contributed by atoms with E-state index in [4.69, 9.17) is 4.74 Å². The van der Waals surface area contributed by atoms with Gasteiger partial charge in [-0.05, 0) is 38.8 Å². The van der Waals surface area contributed by atoms with E-state index in [9.17, 15) is 15.0 Å². The summed E-state index contributed by atoms with van der Waals surface area (Å²) < 4.78 is 5.65. The third-order valence-corrected chi connectivity index (χ3v) is 5.12. The highest BCUT2D eigenvalue weighted by Crippen LogP contribution is 2.36. The van der Waals surface area contributed by atoms with Gasteiger partial charge in [0.15, 0.2) is 0 Å². The molecule has 2 N–H and O–H groups in total. The number of rotatable bonds is 4. The third-order valence-electron chi connectivity index (χ3n) is 5.12. The van der Waals surface area contributed by atoms with Crippen LogP contribution in [0.5, 0.6) is 5.75 Å². The molecule has 0 radical (unpaired) electrons. The van der Waals surface area contributed by atoms with Gasteiger partial charge in [0.25, 0.3) is 0 Å². The number of fused-ring (bicyclic) bond motifs is 2. The van der Waals surface area contributed by atoms with E-state index < -0.39 is 11.9 Å². The van der Waals surface area contributed by atoms with Gasteiger partial charge in [0, 0.05) is 17.6 Å². The topological polar surface area (TPSA) is 70.0 Å². The summed E-state index contributed by atoms with van der Waals surface area (Å²) in [4.78, 5) is 14.8. The van der Waals surface area contributed by atoms with Crippen molar-refractivity contribution in [2.45, 2.75) is 49.8 Å². The lowest BCUT2D eigenvalue weighted by atomic mass is 9.97. The number of para-hydroxylation sites is 1. The zero-order valence-corrected chi connectivity index (χ0v) is 12.8. The van der Waals surface area contributed by atoms with Crippen LogP contribution in [-0.2, 0) is 9.53 Å². The molecule has 0 aliphatic carbocycles. The second-order valence-electron chi connectivity index (χ2n) is 6.37. The number of ether oxygens (including phenoxy) is 1. The average Bonchev–Trinajstić information content (AvgIpc) is 2.72. The van der Waals surface area contributed by atoms with Gasteiger partial charge in [-0.15, -0.1) is 0 Å². The number of carbonyl (C=O) groups is 1. The number of phenolic OH excluding ortho intramolecular Hbond substituents is 1. The molecule has 0 amide bonds. The Morgan fingerprint density at radius 1 is 1.32 bits per heavy atom. The van der Waals surface area contributed by atoms with Crippen LogP contribution in [0.4, 0.5) is 0 Å². The van der Waals surface area contributed by atoms with E-state index in [2.05, 4.69) is 11.9 Å². The predicted octanol–water partition coefficient (Wildman–Crippen LogP) is 1.64. The van der Waals surface area contributed by atoms with Crippen molar-refractivity contribution in [3.63, 3.8) is 0 Å². The van der Waals surface area contributed by atoms with Gasteiger partial charge >= 0.3 is 5.97 Å². The molecule has 3 rings (SSSR count). The average molecular weight is 305 g/mol. The van der Waals surface area contributed by atoms with Crippen LogP contribution in [0.25, 0.3) is 0 Å². The van der Waals surface area contributed by atoms with Crippen molar-refractivity contribution in [1.29, 1.82) is 0 Å². The molecule has 2 fully saturated rings. The van der Waals surface area contributed by atoms with E-state index in [1.54, 1.807) is 18.2 Å². The van der Waals surface area contributed by atoms with Crippen LogP contribution < -0.4 is 0 Å². The second kappa shape index (κ2) is 6.26. The monoisotopic (exact) mass is 305 g/mol. The molecular weight excluding hydrogens is 282 g/mol. The predicted molar refractivity (Wildman–Crippen MR) is 81.6 cm³/mol. The van der Waals surface area contributed by atoms with Crippen molar-refractivity contribution in [1.82, 2.24) is 4.90 Å². The van der Waals surface area contributed by atoms with E-state index >= 15 is 0 Å². The zero-order chi connectivity index (χ0) is 15.7. The molecule has 2 heterocycles. The molecule has 2 aliphatic heterocycles. The number of aromatic hydroxyl groups is 1. The first-order chi connectivity index (χ1) is 10.6. The lowest BCUT2D eigenvalue weighted by molar-refractivity contribution is -0.155. The van der Waals surface area contributed by atoms with Gasteiger partial charge in [0.2, 0.25) is 0 Å². The number of aliphatic hydroxyl groups excluding tert-OH is 1. The molecule has 22 heavy (non-hydrogen) atoms. The van der Waals surface area contributed by atoms with Crippen molar-refractivity contribution >= 4 is 5.97 Å². The maximum atomic E-state index is 12.4. The van der Waals surface area contributed by atoms with Gasteiger partial charge in [-0.25, -0.2) is 0 Å². The quantitative estimate of drug-likeness (QED) is 0.828. The van der Waals surface area contributed by atoms with Crippen LogP contribution in [-0.4, -0.2) is 52.9 Å². The highest BCUT2D eigenvalue weighted by molar-refractivity contribution is 5.79. The van der Waals surface area contributed by atoms with E-state index in [0.717, 1.165) is 25.7 Å². The number of phenols is 1. The number of carbonyl (C=O) groups excluding carboxylic acids is 1. The number of esters is 1. The molecule has 0 saturated carbocycles. The maximum Gasteiger partial charge on any atom is 0.316 e. The van der Waals surface area contributed by atoms with Gasteiger partial charge in [-0.3, -0.25) is 4.79 Å². The Balaban J connectivity index is 1.67. The summed E-state index contributed by atoms with van der Waals surface area (Å²) in [6.07, 6.45) is 3.96. The summed E-state index contributed by atoms with van der Waals surface area (Å²) in [6.45, 7) is -0.365. The molecule has 1 aromatic rings. The van der Waals surface area contributed by atoms with E-state index in [1.807, 2.05) is 0 Å². The first kappa shape index (κ1) is 15.3. The summed E-state index contributed by atoms with van der Waals surface area (Å²) in [5.41, 5.74) is 0.422. The Hall–Kier alpha value is -1.59. The Labute approximate surface area is 130 Å². The fourth-order valence-electron chi connectivity index (χ4n) is 3.79. The lowest BCUT2D eigenvalue weighted by Crippen LogP contribution is -2.43. The minimum absolute atomic E-state index is 0.0157. The molecular formula is C17H23NO4. The smallest absolute Gasteiger partial charge is 0.316 e. The third kappa shape index (κ3) is 2.83. The number of hydrogen-bond donors (Lipinski definition) is 2. The van der Waals surface area contributed by atoms with Crippen molar-refractivity contribution in [2.75, 3.05) is 13.7 Å². The first-order valence-electron chi connectivity index (χ1n) is 7.91. The molecule has 0 spiro atoms. The molecule has 4 atom stereocenters. The number of nitrogens with zero attached hydrogens (tertiary/aromatic N) is 1. The van der Waals surface area contributed by atoms with E-state index in [-0.39, 0.29) is 18.5 Å². The van der Waals surface area contributed by atoms with Crippen LogP contribution in [0, 0.1) is 0 Å². The Bertz CT molecular complexity index is 533. The standard InChI is InChI=1S/C17H23NO4/c1-18-11-6-7-12(18)9-13(8-11)22-17(21)15(10-19)14-4-2-3-5-16(14)20/h2-5,11-13,15,19-20H,6-10H2,1H3/t11-,12+,13?,15-/m1/s1. The summed E-state index contributed by atoms with van der Waals surface area (Å²) in [5.74, 6) is -1.25. The Morgan fingerprint density at radius 2 is 1.95 bits per heavy atom. The number of aliphatic hydroxyl groups is 1. The highest BCUT2D eigenvalue weighted by atomic mass is 16.5. The molecule has 2 saturated heterocycles. The second-order valence-corrected chi connectivity index (χ2v) is 6.37. The van der Waals surface area contributed by atoms with E-state index in [1.165, 1.54) is 6.07 Å². The first-order valence-corrected chi connectivity index (χ1v) is 7.91. The molecule has 1 unspecified atom stereocenters. The lowest BCUT2D eigenvalue weighted by Gasteiger charge is -2.36. The number of benzene rings is 1. The molecule has 120 valence electrons. The largest absolute Gasteiger partial charge is 0.508 e. The van der Waals surface area contributed by atoms with Gasteiger partial charge in [0.1, 0.15) is 17.8 Å². The summed E-state index contributed by atoms with van der Waals surface area (Å²) in [5, 5.41) is 19.4. The van der Waals surface area contributed by atoms with Crippen molar-refractivity contribution in [2.24, 2.45) is 0 Å². The normalized spacial score (nSPS) is 29.3. The van der Waals surface area contributed by atoms with Crippen LogP contribution in [0.3, 0.4) is 0 Å².